The number of nitro benzene ring substituents is 1. The van der Waals surface area contributed by atoms with E-state index in [1.165, 1.54) is 18.9 Å². The second-order valence-electron chi connectivity index (χ2n) is 5.01. The van der Waals surface area contributed by atoms with Crippen LogP contribution in [0.4, 0.5) is 11.4 Å². The molecule has 0 aliphatic carbocycles. The average Bonchev–Trinajstić information content (AvgIpc) is 2.99. The first-order chi connectivity index (χ1) is 10.1. The third kappa shape index (κ3) is 3.69. The Morgan fingerprint density at radius 3 is 2.71 bits per heavy atom. The van der Waals surface area contributed by atoms with Crippen LogP contribution in [0.25, 0.3) is 0 Å². The maximum atomic E-state index is 12.2. The third-order valence-electron chi connectivity index (χ3n) is 3.64. The lowest BCUT2D eigenvalue weighted by Crippen LogP contribution is -2.33. The van der Waals surface area contributed by atoms with Gasteiger partial charge in [0.1, 0.15) is 11.3 Å². The lowest BCUT2D eigenvalue weighted by molar-refractivity contribution is -0.384. The van der Waals surface area contributed by atoms with Gasteiger partial charge in [-0.2, -0.15) is 0 Å². The van der Waals surface area contributed by atoms with Crippen LogP contribution < -0.4 is 10.6 Å². The van der Waals surface area contributed by atoms with Crippen LogP contribution in [0.15, 0.2) is 18.2 Å². The van der Waals surface area contributed by atoms with Gasteiger partial charge in [-0.1, -0.05) is 6.07 Å². The third-order valence-corrected chi connectivity index (χ3v) is 3.64. The van der Waals surface area contributed by atoms with E-state index in [4.69, 9.17) is 0 Å². The van der Waals surface area contributed by atoms with Crippen LogP contribution in [0.2, 0.25) is 0 Å². The quantitative estimate of drug-likeness (QED) is 0.612. The molecule has 1 aliphatic heterocycles. The van der Waals surface area contributed by atoms with Crippen molar-refractivity contribution < 1.29 is 9.72 Å². The van der Waals surface area contributed by atoms with Crippen molar-refractivity contribution in [3.63, 3.8) is 0 Å². The maximum Gasteiger partial charge on any atom is 0.305 e. The molecule has 0 saturated carbocycles. The van der Waals surface area contributed by atoms with Gasteiger partial charge in [-0.05, 0) is 38.1 Å². The summed E-state index contributed by atoms with van der Waals surface area (Å²) < 4.78 is 0. The van der Waals surface area contributed by atoms with Gasteiger partial charge in [-0.3, -0.25) is 14.9 Å². The van der Waals surface area contributed by atoms with E-state index in [2.05, 4.69) is 15.5 Å². The number of nitro groups is 1. The Bertz CT molecular complexity index is 527. The molecule has 0 unspecified atom stereocenters. The Balaban J connectivity index is 2.02. The van der Waals surface area contributed by atoms with Crippen LogP contribution in [-0.2, 0) is 0 Å². The Labute approximate surface area is 123 Å². The summed E-state index contributed by atoms with van der Waals surface area (Å²) in [5.41, 5.74) is 0.249. The number of nitrogens with one attached hydrogen (secondary N) is 2. The number of carbonyl (C=O) groups is 1. The van der Waals surface area contributed by atoms with Gasteiger partial charge in [0.05, 0.1) is 4.92 Å². The van der Waals surface area contributed by atoms with Crippen LogP contribution in [-0.4, -0.2) is 49.0 Å². The zero-order valence-corrected chi connectivity index (χ0v) is 12.1. The molecular formula is C14H20N4O3. The van der Waals surface area contributed by atoms with E-state index in [9.17, 15) is 14.9 Å². The first kappa shape index (κ1) is 15.2. The van der Waals surface area contributed by atoms with Gasteiger partial charge < -0.3 is 15.5 Å². The number of benzene rings is 1. The predicted molar refractivity (Wildman–Crippen MR) is 80.7 cm³/mol. The number of rotatable bonds is 6. The molecule has 1 saturated heterocycles. The summed E-state index contributed by atoms with van der Waals surface area (Å²) in [6, 6.07) is 4.69. The molecule has 1 fully saturated rings. The van der Waals surface area contributed by atoms with Crippen LogP contribution in [0.1, 0.15) is 23.2 Å². The van der Waals surface area contributed by atoms with E-state index >= 15 is 0 Å². The summed E-state index contributed by atoms with van der Waals surface area (Å²) in [5.74, 6) is -0.405. The monoisotopic (exact) mass is 292 g/mol. The zero-order valence-electron chi connectivity index (χ0n) is 12.1. The molecule has 2 rings (SSSR count). The first-order valence-corrected chi connectivity index (χ1v) is 7.09. The molecule has 7 nitrogen and oxygen atoms in total. The van der Waals surface area contributed by atoms with Gasteiger partial charge in [0.25, 0.3) is 5.91 Å². The van der Waals surface area contributed by atoms with Crippen molar-refractivity contribution in [2.75, 3.05) is 38.5 Å². The van der Waals surface area contributed by atoms with E-state index in [1.807, 2.05) is 0 Å². The van der Waals surface area contributed by atoms with Gasteiger partial charge in [-0.15, -0.1) is 0 Å². The molecule has 1 aliphatic rings. The Morgan fingerprint density at radius 1 is 1.38 bits per heavy atom. The number of carbonyl (C=O) groups excluding carboxylic acids is 1. The van der Waals surface area contributed by atoms with Crippen LogP contribution >= 0.6 is 0 Å². The molecule has 0 radical (unpaired) electrons. The summed E-state index contributed by atoms with van der Waals surface area (Å²) >= 11 is 0. The van der Waals surface area contributed by atoms with Crippen LogP contribution in [0.3, 0.4) is 0 Å². The molecule has 2 N–H and O–H groups in total. The summed E-state index contributed by atoms with van der Waals surface area (Å²) in [6.07, 6.45) is 2.40. The lowest BCUT2D eigenvalue weighted by Gasteiger charge is -2.15. The fourth-order valence-corrected chi connectivity index (χ4v) is 2.55. The van der Waals surface area contributed by atoms with Crippen molar-refractivity contribution in [1.29, 1.82) is 0 Å². The van der Waals surface area contributed by atoms with Gasteiger partial charge in [-0.25, -0.2) is 0 Å². The largest absolute Gasteiger partial charge is 0.383 e. The minimum Gasteiger partial charge on any atom is -0.383 e. The number of hydrogen-bond donors (Lipinski definition) is 2. The molecule has 114 valence electrons. The van der Waals surface area contributed by atoms with Crippen molar-refractivity contribution >= 4 is 17.3 Å². The molecule has 0 aromatic heterocycles. The molecular weight excluding hydrogens is 272 g/mol. The standard InChI is InChI=1S/C14H20N4O3/c1-15-12-6-4-5-11(13(12)18(20)21)14(19)16-7-10-17-8-2-3-9-17/h4-6,15H,2-3,7-10H2,1H3,(H,16,19). The highest BCUT2D eigenvalue weighted by Gasteiger charge is 2.23. The zero-order chi connectivity index (χ0) is 15.2. The molecule has 21 heavy (non-hydrogen) atoms. The number of para-hydroxylation sites is 1. The summed E-state index contributed by atoms with van der Waals surface area (Å²) in [6.45, 7) is 3.40. The fraction of sp³-hybridized carbons (Fsp3) is 0.500. The topological polar surface area (TPSA) is 87.5 Å². The van der Waals surface area contributed by atoms with Crippen molar-refractivity contribution in [1.82, 2.24) is 10.2 Å². The van der Waals surface area contributed by atoms with Crippen molar-refractivity contribution in [2.24, 2.45) is 0 Å². The normalized spacial score (nSPS) is 14.9. The summed E-state index contributed by atoms with van der Waals surface area (Å²) in [4.78, 5) is 25.1. The first-order valence-electron chi connectivity index (χ1n) is 7.09. The van der Waals surface area contributed by atoms with E-state index in [0.717, 1.165) is 19.6 Å². The minimum atomic E-state index is -0.527. The minimum absolute atomic E-state index is 0.0910. The van der Waals surface area contributed by atoms with Crippen LogP contribution in [0.5, 0.6) is 0 Å². The van der Waals surface area contributed by atoms with Crippen molar-refractivity contribution in [3.05, 3.63) is 33.9 Å². The highest BCUT2D eigenvalue weighted by Crippen LogP contribution is 2.28. The SMILES string of the molecule is CNc1cccc(C(=O)NCCN2CCCC2)c1[N+](=O)[O-]. The Kier molecular flexibility index (Phi) is 5.10. The molecule has 0 spiro atoms. The molecule has 1 heterocycles. The summed E-state index contributed by atoms with van der Waals surface area (Å²) in [5, 5.41) is 16.7. The van der Waals surface area contributed by atoms with E-state index in [0.29, 0.717) is 12.2 Å². The molecule has 1 amide bonds. The smallest absolute Gasteiger partial charge is 0.305 e. The van der Waals surface area contributed by atoms with Gasteiger partial charge in [0.15, 0.2) is 0 Å². The van der Waals surface area contributed by atoms with E-state index < -0.39 is 10.8 Å². The fourth-order valence-electron chi connectivity index (χ4n) is 2.55. The molecule has 0 bridgehead atoms. The Hall–Kier alpha value is -2.15. The number of nitrogens with zero attached hydrogens (tertiary/aromatic N) is 2. The van der Waals surface area contributed by atoms with Crippen LogP contribution in [0, 0.1) is 10.1 Å². The number of hydrogen-bond acceptors (Lipinski definition) is 5. The lowest BCUT2D eigenvalue weighted by atomic mass is 10.1. The number of anilines is 1. The van der Waals surface area contributed by atoms with E-state index in [1.54, 1.807) is 19.2 Å². The maximum absolute atomic E-state index is 12.2. The summed E-state index contributed by atoms with van der Waals surface area (Å²) in [7, 11) is 1.59. The highest BCUT2D eigenvalue weighted by molar-refractivity contribution is 6.00. The van der Waals surface area contributed by atoms with Crippen molar-refractivity contribution in [3.8, 4) is 0 Å². The highest BCUT2D eigenvalue weighted by atomic mass is 16.6. The number of amides is 1. The van der Waals surface area contributed by atoms with Crippen molar-refractivity contribution in [2.45, 2.75) is 12.8 Å². The molecule has 1 aromatic rings. The van der Waals surface area contributed by atoms with Gasteiger partial charge in [0.2, 0.25) is 0 Å². The average molecular weight is 292 g/mol. The van der Waals surface area contributed by atoms with Gasteiger partial charge >= 0.3 is 5.69 Å². The van der Waals surface area contributed by atoms with Gasteiger partial charge in [0, 0.05) is 20.1 Å². The number of likely N-dealkylation sites (tertiary alicyclic amines) is 1. The molecule has 7 heteroatoms. The molecule has 1 aromatic carbocycles. The predicted octanol–water partition coefficient (Wildman–Crippen LogP) is 1.46. The molecule has 0 atom stereocenters. The second-order valence-corrected chi connectivity index (χ2v) is 5.01. The Morgan fingerprint density at radius 2 is 2.10 bits per heavy atom. The van der Waals surface area contributed by atoms with E-state index in [-0.39, 0.29) is 11.3 Å². The second kappa shape index (κ2) is 7.03.